The second kappa shape index (κ2) is 6.04. The standard InChI is InChI=1S/C13H19N7O/c1-3-15-11-16-12(19-6-4-10(8-19)21-2)18-13(17-11)20-7-5-14-9-20/h5,7,9-10H,3-4,6,8H2,1-2H3,(H,15,16,17,18). The van der Waals surface area contributed by atoms with Crippen LogP contribution in [0, 0.1) is 0 Å². The zero-order valence-electron chi connectivity index (χ0n) is 12.2. The van der Waals surface area contributed by atoms with Gasteiger partial charge in [0.15, 0.2) is 0 Å². The van der Waals surface area contributed by atoms with Crippen molar-refractivity contribution in [1.29, 1.82) is 0 Å². The molecule has 0 amide bonds. The summed E-state index contributed by atoms with van der Waals surface area (Å²) in [5.41, 5.74) is 0. The molecule has 8 nitrogen and oxygen atoms in total. The van der Waals surface area contributed by atoms with Crippen molar-refractivity contribution in [3.05, 3.63) is 18.7 Å². The average molecular weight is 289 g/mol. The Hall–Kier alpha value is -2.22. The molecule has 1 unspecified atom stereocenters. The normalized spacial score (nSPS) is 18.2. The molecule has 3 rings (SSSR count). The number of hydrogen-bond acceptors (Lipinski definition) is 7. The molecular weight excluding hydrogens is 270 g/mol. The van der Waals surface area contributed by atoms with Gasteiger partial charge in [-0.1, -0.05) is 0 Å². The Labute approximate surface area is 123 Å². The van der Waals surface area contributed by atoms with E-state index in [0.717, 1.165) is 26.1 Å². The highest BCUT2D eigenvalue weighted by molar-refractivity contribution is 5.41. The second-order valence-electron chi connectivity index (χ2n) is 4.85. The fourth-order valence-electron chi connectivity index (χ4n) is 2.33. The zero-order chi connectivity index (χ0) is 14.7. The average Bonchev–Trinajstić information content (AvgIpc) is 3.19. The first-order valence-corrected chi connectivity index (χ1v) is 7.06. The van der Waals surface area contributed by atoms with Gasteiger partial charge in [0.2, 0.25) is 17.8 Å². The number of anilines is 2. The zero-order valence-corrected chi connectivity index (χ0v) is 12.2. The Morgan fingerprint density at radius 2 is 2.19 bits per heavy atom. The van der Waals surface area contributed by atoms with Gasteiger partial charge in [-0.25, -0.2) is 4.98 Å². The van der Waals surface area contributed by atoms with Crippen LogP contribution in [0.15, 0.2) is 18.7 Å². The van der Waals surface area contributed by atoms with Crippen LogP contribution < -0.4 is 10.2 Å². The minimum atomic E-state index is 0.237. The lowest BCUT2D eigenvalue weighted by molar-refractivity contribution is 0.121. The van der Waals surface area contributed by atoms with Gasteiger partial charge in [-0.15, -0.1) is 0 Å². The number of imidazole rings is 1. The van der Waals surface area contributed by atoms with Crippen molar-refractivity contribution in [3.63, 3.8) is 0 Å². The van der Waals surface area contributed by atoms with E-state index in [4.69, 9.17) is 4.74 Å². The molecule has 0 aliphatic carbocycles. The largest absolute Gasteiger partial charge is 0.380 e. The lowest BCUT2D eigenvalue weighted by Crippen LogP contribution is -2.25. The molecule has 1 fully saturated rings. The number of nitrogens with zero attached hydrogens (tertiary/aromatic N) is 6. The minimum Gasteiger partial charge on any atom is -0.380 e. The number of hydrogen-bond donors (Lipinski definition) is 1. The van der Waals surface area contributed by atoms with E-state index in [0.29, 0.717) is 17.8 Å². The molecule has 8 heteroatoms. The van der Waals surface area contributed by atoms with Crippen LogP contribution >= 0.6 is 0 Å². The predicted octanol–water partition coefficient (Wildman–Crippen LogP) is 0.714. The van der Waals surface area contributed by atoms with Gasteiger partial charge >= 0.3 is 0 Å². The van der Waals surface area contributed by atoms with E-state index in [9.17, 15) is 0 Å². The summed E-state index contributed by atoms with van der Waals surface area (Å²) in [4.78, 5) is 19.6. The summed E-state index contributed by atoms with van der Waals surface area (Å²) in [5, 5.41) is 3.15. The van der Waals surface area contributed by atoms with E-state index >= 15 is 0 Å². The lowest BCUT2D eigenvalue weighted by atomic mass is 10.3. The highest BCUT2D eigenvalue weighted by atomic mass is 16.5. The summed E-state index contributed by atoms with van der Waals surface area (Å²) in [5.74, 6) is 1.81. The predicted molar refractivity (Wildman–Crippen MR) is 78.7 cm³/mol. The van der Waals surface area contributed by atoms with Crippen molar-refractivity contribution < 1.29 is 4.74 Å². The van der Waals surface area contributed by atoms with Gasteiger partial charge in [-0.05, 0) is 13.3 Å². The van der Waals surface area contributed by atoms with Gasteiger partial charge in [0.05, 0.1) is 6.10 Å². The maximum absolute atomic E-state index is 5.40. The van der Waals surface area contributed by atoms with Gasteiger partial charge in [-0.3, -0.25) is 4.57 Å². The number of nitrogens with one attached hydrogen (secondary N) is 1. The molecule has 21 heavy (non-hydrogen) atoms. The van der Waals surface area contributed by atoms with Crippen molar-refractivity contribution in [2.24, 2.45) is 0 Å². The topological polar surface area (TPSA) is 81.0 Å². The summed E-state index contributed by atoms with van der Waals surface area (Å²) >= 11 is 0. The SMILES string of the molecule is CCNc1nc(N2CCC(OC)C2)nc(-n2ccnc2)n1. The molecule has 0 aromatic carbocycles. The Bertz CT molecular complexity index is 586. The van der Waals surface area contributed by atoms with Crippen LogP contribution in [-0.4, -0.2) is 57.4 Å². The first-order chi connectivity index (χ1) is 10.3. The molecule has 1 saturated heterocycles. The van der Waals surface area contributed by atoms with E-state index < -0.39 is 0 Å². The third-order valence-corrected chi connectivity index (χ3v) is 3.44. The smallest absolute Gasteiger partial charge is 0.241 e. The van der Waals surface area contributed by atoms with Gasteiger partial charge in [-0.2, -0.15) is 15.0 Å². The van der Waals surface area contributed by atoms with Crippen molar-refractivity contribution in [2.45, 2.75) is 19.4 Å². The van der Waals surface area contributed by atoms with E-state index in [2.05, 4.69) is 30.2 Å². The number of aromatic nitrogens is 5. The number of rotatable bonds is 5. The highest BCUT2D eigenvalue weighted by Crippen LogP contribution is 2.19. The van der Waals surface area contributed by atoms with Gasteiger partial charge in [0.1, 0.15) is 6.33 Å². The molecule has 0 saturated carbocycles. The van der Waals surface area contributed by atoms with Gasteiger partial charge in [0.25, 0.3) is 0 Å². The van der Waals surface area contributed by atoms with Crippen molar-refractivity contribution in [3.8, 4) is 5.95 Å². The van der Waals surface area contributed by atoms with Crippen LogP contribution in [0.25, 0.3) is 5.95 Å². The fourth-order valence-corrected chi connectivity index (χ4v) is 2.33. The van der Waals surface area contributed by atoms with Crippen LogP contribution in [0.1, 0.15) is 13.3 Å². The minimum absolute atomic E-state index is 0.237. The Balaban J connectivity index is 1.92. The second-order valence-corrected chi connectivity index (χ2v) is 4.85. The first kappa shape index (κ1) is 13.7. The Morgan fingerprint density at radius 1 is 1.33 bits per heavy atom. The quantitative estimate of drug-likeness (QED) is 0.868. The van der Waals surface area contributed by atoms with Crippen LogP contribution in [-0.2, 0) is 4.74 Å². The maximum Gasteiger partial charge on any atom is 0.241 e. The van der Waals surface area contributed by atoms with Crippen molar-refractivity contribution in [1.82, 2.24) is 24.5 Å². The first-order valence-electron chi connectivity index (χ1n) is 7.06. The summed E-state index contributed by atoms with van der Waals surface area (Å²) in [7, 11) is 1.74. The van der Waals surface area contributed by atoms with Crippen LogP contribution in [0.3, 0.4) is 0 Å². The molecule has 112 valence electrons. The molecular formula is C13H19N7O. The van der Waals surface area contributed by atoms with E-state index in [1.807, 2.05) is 13.1 Å². The molecule has 2 aromatic heterocycles. The summed E-state index contributed by atoms with van der Waals surface area (Å²) in [6.45, 7) is 4.46. The molecule has 1 atom stereocenters. The van der Waals surface area contributed by atoms with E-state index in [1.165, 1.54) is 0 Å². The Morgan fingerprint density at radius 3 is 2.86 bits per heavy atom. The van der Waals surface area contributed by atoms with Gasteiger partial charge < -0.3 is 15.0 Å². The Kier molecular flexibility index (Phi) is 3.96. The molecule has 1 aliphatic rings. The number of ether oxygens (including phenoxy) is 1. The van der Waals surface area contributed by atoms with Gasteiger partial charge in [0, 0.05) is 39.1 Å². The van der Waals surface area contributed by atoms with Crippen LogP contribution in [0.5, 0.6) is 0 Å². The third kappa shape index (κ3) is 2.94. The molecule has 2 aromatic rings. The molecule has 0 radical (unpaired) electrons. The third-order valence-electron chi connectivity index (χ3n) is 3.44. The summed E-state index contributed by atoms with van der Waals surface area (Å²) in [6.07, 6.45) is 6.42. The summed E-state index contributed by atoms with van der Waals surface area (Å²) in [6, 6.07) is 0. The monoisotopic (exact) mass is 289 g/mol. The van der Waals surface area contributed by atoms with E-state index in [1.54, 1.807) is 24.2 Å². The molecule has 1 aliphatic heterocycles. The maximum atomic E-state index is 5.40. The lowest BCUT2D eigenvalue weighted by Gasteiger charge is -2.17. The fraction of sp³-hybridized carbons (Fsp3) is 0.538. The molecule has 0 bridgehead atoms. The molecule has 1 N–H and O–H groups in total. The van der Waals surface area contributed by atoms with Crippen molar-refractivity contribution in [2.75, 3.05) is 37.0 Å². The van der Waals surface area contributed by atoms with Crippen LogP contribution in [0.2, 0.25) is 0 Å². The van der Waals surface area contributed by atoms with E-state index in [-0.39, 0.29) is 6.10 Å². The highest BCUT2D eigenvalue weighted by Gasteiger charge is 2.25. The number of methoxy groups -OCH3 is 1. The van der Waals surface area contributed by atoms with Crippen LogP contribution in [0.4, 0.5) is 11.9 Å². The van der Waals surface area contributed by atoms with Crippen molar-refractivity contribution >= 4 is 11.9 Å². The summed E-state index contributed by atoms with van der Waals surface area (Å²) < 4.78 is 7.17. The molecule has 0 spiro atoms. The molecule has 3 heterocycles.